The molecule has 0 radical (unpaired) electrons. The molecule has 1 aromatic heterocycles. The first kappa shape index (κ1) is 14.5. The maximum atomic E-state index is 5.88. The van der Waals surface area contributed by atoms with E-state index < -0.39 is 0 Å². The fourth-order valence-corrected chi connectivity index (χ4v) is 2.87. The average Bonchev–Trinajstić information content (AvgIpc) is 2.96. The number of aromatic nitrogens is 2. The van der Waals surface area contributed by atoms with Gasteiger partial charge in [-0.15, -0.1) is 0 Å². The number of nitrogens with one attached hydrogen (secondary N) is 1. The smallest absolute Gasteiger partial charge is 0.226 e. The summed E-state index contributed by atoms with van der Waals surface area (Å²) < 4.78 is 5.34. The molecule has 0 spiro atoms. The quantitative estimate of drug-likeness (QED) is 0.921. The summed E-state index contributed by atoms with van der Waals surface area (Å²) in [5, 5.41) is 8.24. The molecule has 3 rings (SSSR count). The maximum Gasteiger partial charge on any atom is 0.226 e. The van der Waals surface area contributed by atoms with E-state index in [9.17, 15) is 0 Å². The fourth-order valence-electron chi connectivity index (χ4n) is 2.75. The van der Waals surface area contributed by atoms with E-state index in [4.69, 9.17) is 16.1 Å². The Morgan fingerprint density at radius 3 is 2.90 bits per heavy atom. The van der Waals surface area contributed by atoms with Crippen LogP contribution in [-0.2, 0) is 12.8 Å². The van der Waals surface area contributed by atoms with Gasteiger partial charge in [-0.05, 0) is 56.0 Å². The zero-order chi connectivity index (χ0) is 14.5. The highest BCUT2D eigenvalue weighted by atomic mass is 35.5. The van der Waals surface area contributed by atoms with Crippen molar-refractivity contribution in [3.63, 3.8) is 0 Å². The largest absolute Gasteiger partial charge is 0.339 e. The molecule has 1 saturated heterocycles. The maximum absolute atomic E-state index is 5.88. The molecule has 0 saturated carbocycles. The Hall–Kier alpha value is -1.39. The summed E-state index contributed by atoms with van der Waals surface area (Å²) in [7, 11) is 0. The van der Waals surface area contributed by atoms with E-state index in [0.717, 1.165) is 54.2 Å². The lowest BCUT2D eigenvalue weighted by molar-refractivity contribution is 0.326. The number of piperidine rings is 1. The van der Waals surface area contributed by atoms with Crippen LogP contribution in [0.15, 0.2) is 28.8 Å². The normalized spacial score (nSPS) is 18.8. The molecule has 1 fully saturated rings. The van der Waals surface area contributed by atoms with Gasteiger partial charge in [0.05, 0.1) is 0 Å². The van der Waals surface area contributed by atoms with Gasteiger partial charge in [-0.3, -0.25) is 0 Å². The standard InChI is InChI=1S/C16H20ClN3O/c17-14-6-3-12(4-7-14)10-15-19-16(21-20-15)8-5-13-2-1-9-18-11-13/h3-4,6-7,13,18H,1-2,5,8-11H2. The molecule has 1 aromatic carbocycles. The van der Waals surface area contributed by atoms with E-state index in [-0.39, 0.29) is 0 Å². The molecule has 1 N–H and O–H groups in total. The second-order valence-electron chi connectivity index (χ2n) is 5.66. The predicted octanol–water partition coefficient (Wildman–Crippen LogP) is 3.25. The predicted molar refractivity (Wildman–Crippen MR) is 82.5 cm³/mol. The van der Waals surface area contributed by atoms with Crippen molar-refractivity contribution in [3.8, 4) is 0 Å². The summed E-state index contributed by atoms with van der Waals surface area (Å²) in [6.45, 7) is 2.27. The zero-order valence-electron chi connectivity index (χ0n) is 12.0. The summed E-state index contributed by atoms with van der Waals surface area (Å²) in [6.07, 6.45) is 5.26. The van der Waals surface area contributed by atoms with Crippen molar-refractivity contribution in [2.45, 2.75) is 32.1 Å². The summed E-state index contributed by atoms with van der Waals surface area (Å²) in [5.74, 6) is 2.24. The SMILES string of the molecule is Clc1ccc(Cc2noc(CCC3CCCNC3)n2)cc1. The van der Waals surface area contributed by atoms with Gasteiger partial charge in [0.1, 0.15) is 0 Å². The zero-order valence-corrected chi connectivity index (χ0v) is 12.8. The van der Waals surface area contributed by atoms with Crippen LogP contribution in [0.2, 0.25) is 5.02 Å². The van der Waals surface area contributed by atoms with Crippen LogP contribution in [0, 0.1) is 5.92 Å². The van der Waals surface area contributed by atoms with Crippen LogP contribution < -0.4 is 5.32 Å². The molecule has 0 amide bonds. The van der Waals surface area contributed by atoms with Crippen LogP contribution in [-0.4, -0.2) is 23.2 Å². The summed E-state index contributed by atoms with van der Waals surface area (Å²) >= 11 is 5.88. The lowest BCUT2D eigenvalue weighted by atomic mass is 9.95. The van der Waals surface area contributed by atoms with Gasteiger partial charge in [0.2, 0.25) is 5.89 Å². The van der Waals surface area contributed by atoms with Gasteiger partial charge in [0.25, 0.3) is 0 Å². The lowest BCUT2D eigenvalue weighted by Gasteiger charge is -2.21. The van der Waals surface area contributed by atoms with Crippen molar-refractivity contribution >= 4 is 11.6 Å². The first-order chi connectivity index (χ1) is 10.3. The molecule has 2 aromatic rings. The number of rotatable bonds is 5. The number of benzene rings is 1. The van der Waals surface area contributed by atoms with Crippen molar-refractivity contribution in [3.05, 3.63) is 46.6 Å². The summed E-state index contributed by atoms with van der Waals surface area (Å²) in [5.41, 5.74) is 1.14. The van der Waals surface area contributed by atoms with Gasteiger partial charge in [-0.1, -0.05) is 28.9 Å². The minimum atomic E-state index is 0.686. The van der Waals surface area contributed by atoms with Crippen LogP contribution in [0.3, 0.4) is 0 Å². The van der Waals surface area contributed by atoms with Crippen LogP contribution in [0.4, 0.5) is 0 Å². The van der Waals surface area contributed by atoms with Crippen molar-refractivity contribution in [2.75, 3.05) is 13.1 Å². The third-order valence-electron chi connectivity index (χ3n) is 3.95. The van der Waals surface area contributed by atoms with E-state index >= 15 is 0 Å². The molecule has 2 heterocycles. The van der Waals surface area contributed by atoms with Crippen molar-refractivity contribution in [2.24, 2.45) is 5.92 Å². The van der Waals surface area contributed by atoms with Crippen molar-refractivity contribution < 1.29 is 4.52 Å². The Labute approximate surface area is 129 Å². The second kappa shape index (κ2) is 7.05. The molecular formula is C16H20ClN3O. The average molecular weight is 306 g/mol. The molecule has 1 unspecified atom stereocenters. The Morgan fingerprint density at radius 2 is 2.14 bits per heavy atom. The number of halogens is 1. The topological polar surface area (TPSA) is 51.0 Å². The van der Waals surface area contributed by atoms with Gasteiger partial charge in [-0.2, -0.15) is 4.98 Å². The molecule has 21 heavy (non-hydrogen) atoms. The van der Waals surface area contributed by atoms with E-state index in [0.29, 0.717) is 6.42 Å². The van der Waals surface area contributed by atoms with E-state index in [1.54, 1.807) is 0 Å². The molecule has 4 nitrogen and oxygen atoms in total. The van der Waals surface area contributed by atoms with Gasteiger partial charge in [0.15, 0.2) is 5.82 Å². The van der Waals surface area contributed by atoms with E-state index in [1.807, 2.05) is 24.3 Å². The minimum absolute atomic E-state index is 0.686. The highest BCUT2D eigenvalue weighted by Gasteiger charge is 2.15. The molecule has 5 heteroatoms. The van der Waals surface area contributed by atoms with E-state index in [1.165, 1.54) is 12.8 Å². The Balaban J connectivity index is 1.52. The third-order valence-corrected chi connectivity index (χ3v) is 4.20. The highest BCUT2D eigenvalue weighted by Crippen LogP contribution is 2.17. The molecule has 1 aliphatic heterocycles. The number of hydrogen-bond acceptors (Lipinski definition) is 4. The monoisotopic (exact) mass is 305 g/mol. The van der Waals surface area contributed by atoms with E-state index in [2.05, 4.69) is 15.5 Å². The summed E-state index contributed by atoms with van der Waals surface area (Å²) in [4.78, 5) is 4.48. The fraction of sp³-hybridized carbons (Fsp3) is 0.500. The molecule has 1 atom stereocenters. The third kappa shape index (κ3) is 4.29. The second-order valence-corrected chi connectivity index (χ2v) is 6.10. The minimum Gasteiger partial charge on any atom is -0.339 e. The highest BCUT2D eigenvalue weighted by molar-refractivity contribution is 6.30. The van der Waals surface area contributed by atoms with Crippen molar-refractivity contribution in [1.82, 2.24) is 15.5 Å². The van der Waals surface area contributed by atoms with Crippen molar-refractivity contribution in [1.29, 1.82) is 0 Å². The summed E-state index contributed by atoms with van der Waals surface area (Å²) in [6, 6.07) is 7.75. The van der Waals surface area contributed by atoms with Gasteiger partial charge in [0, 0.05) is 17.9 Å². The first-order valence-corrected chi connectivity index (χ1v) is 7.94. The van der Waals surface area contributed by atoms with Gasteiger partial charge in [-0.25, -0.2) is 0 Å². The van der Waals surface area contributed by atoms with Gasteiger partial charge < -0.3 is 9.84 Å². The van der Waals surface area contributed by atoms with Gasteiger partial charge >= 0.3 is 0 Å². The Bertz CT molecular complexity index is 561. The molecule has 1 aliphatic rings. The lowest BCUT2D eigenvalue weighted by Crippen LogP contribution is -2.29. The molecular weight excluding hydrogens is 286 g/mol. The molecule has 112 valence electrons. The number of nitrogens with zero attached hydrogens (tertiary/aromatic N) is 2. The molecule has 0 bridgehead atoms. The Kier molecular flexibility index (Phi) is 4.88. The first-order valence-electron chi connectivity index (χ1n) is 7.56. The van der Waals surface area contributed by atoms with Crippen LogP contribution in [0.25, 0.3) is 0 Å². The number of aryl methyl sites for hydroxylation is 1. The number of hydrogen-bond donors (Lipinski definition) is 1. The van der Waals surface area contributed by atoms with Crippen LogP contribution in [0.5, 0.6) is 0 Å². The Morgan fingerprint density at radius 1 is 1.29 bits per heavy atom. The van der Waals surface area contributed by atoms with Crippen LogP contribution >= 0.6 is 11.6 Å². The molecule has 0 aliphatic carbocycles. The van der Waals surface area contributed by atoms with Crippen LogP contribution in [0.1, 0.15) is 36.5 Å².